The van der Waals surface area contributed by atoms with Gasteiger partial charge in [-0.3, -0.25) is 0 Å². The second-order valence-corrected chi connectivity index (χ2v) is 4.53. The predicted octanol–water partition coefficient (Wildman–Crippen LogP) is 3.92. The average Bonchev–Trinajstić information content (AvgIpc) is 2.56. The van der Waals surface area contributed by atoms with E-state index in [4.69, 9.17) is 9.47 Å². The van der Waals surface area contributed by atoms with Crippen molar-refractivity contribution in [2.75, 3.05) is 13.2 Å². The van der Waals surface area contributed by atoms with Crippen LogP contribution in [-0.4, -0.2) is 25.2 Å². The third kappa shape index (κ3) is 14.3. The number of hydrogen-bond acceptors (Lipinski definition) is 4. The Labute approximate surface area is 133 Å². The number of ether oxygens (including phenoxy) is 2. The molecule has 122 valence electrons. The zero-order valence-electron chi connectivity index (χ0n) is 13.5. The molecule has 0 unspecified atom stereocenters. The van der Waals surface area contributed by atoms with Crippen LogP contribution in [-0.2, 0) is 19.1 Å². The van der Waals surface area contributed by atoms with Gasteiger partial charge in [0.2, 0.25) is 0 Å². The number of unbranched alkanes of at least 4 members (excludes halogenated alkanes) is 2. The molecule has 0 N–H and O–H groups in total. The molecule has 0 amide bonds. The van der Waals surface area contributed by atoms with Crippen LogP contribution >= 0.6 is 0 Å². The Morgan fingerprint density at radius 1 is 0.727 bits per heavy atom. The Morgan fingerprint density at radius 3 is 1.32 bits per heavy atom. The fourth-order valence-corrected chi connectivity index (χ4v) is 1.25. The van der Waals surface area contributed by atoms with Gasteiger partial charge in [-0.25, -0.2) is 9.59 Å². The van der Waals surface area contributed by atoms with Crippen LogP contribution in [0.1, 0.15) is 39.5 Å². The molecule has 0 saturated carbocycles. The lowest BCUT2D eigenvalue weighted by Gasteiger charge is -2.00. The molecule has 0 bridgehead atoms. The monoisotopic (exact) mass is 306 g/mol. The predicted molar refractivity (Wildman–Crippen MR) is 87.3 cm³/mol. The number of esters is 2. The number of rotatable bonds is 8. The van der Waals surface area contributed by atoms with E-state index < -0.39 is 11.9 Å². The van der Waals surface area contributed by atoms with Crippen LogP contribution in [0.2, 0.25) is 0 Å². The van der Waals surface area contributed by atoms with Crippen LogP contribution in [0.5, 0.6) is 0 Å². The van der Waals surface area contributed by atoms with Gasteiger partial charge in [-0.2, -0.15) is 0 Å². The first-order chi connectivity index (χ1) is 10.7. The van der Waals surface area contributed by atoms with Crippen molar-refractivity contribution in [3.63, 3.8) is 0 Å². The van der Waals surface area contributed by atoms with Gasteiger partial charge in [-0.05, 0) is 12.8 Å². The largest absolute Gasteiger partial charge is 0.463 e. The highest BCUT2D eigenvalue weighted by Crippen LogP contribution is 1.92. The fourth-order valence-electron chi connectivity index (χ4n) is 1.25. The molecule has 0 radical (unpaired) electrons. The quantitative estimate of drug-likeness (QED) is 0.415. The normalized spacial score (nSPS) is 9.73. The van der Waals surface area contributed by atoms with Gasteiger partial charge in [-0.1, -0.05) is 63.1 Å². The Kier molecular flexibility index (Phi) is 13.8. The lowest BCUT2D eigenvalue weighted by molar-refractivity contribution is -0.140. The zero-order chi connectivity index (χ0) is 16.5. The van der Waals surface area contributed by atoms with Gasteiger partial charge >= 0.3 is 11.9 Å². The number of carbonyl (C=O) groups excluding carboxylic acids is 2. The molecule has 0 aliphatic heterocycles. The maximum Gasteiger partial charge on any atom is 0.331 e. The fraction of sp³-hybridized carbons (Fsp3) is 0.444. The van der Waals surface area contributed by atoms with E-state index in [-0.39, 0.29) is 0 Å². The van der Waals surface area contributed by atoms with Crippen molar-refractivity contribution in [1.29, 1.82) is 0 Å². The summed E-state index contributed by atoms with van der Waals surface area (Å²) in [5.41, 5.74) is 0. The van der Waals surface area contributed by atoms with Crippen LogP contribution in [0.4, 0.5) is 0 Å². The van der Waals surface area contributed by atoms with Crippen molar-refractivity contribution in [3.05, 3.63) is 48.6 Å². The van der Waals surface area contributed by atoms with Gasteiger partial charge in [0, 0.05) is 12.2 Å². The van der Waals surface area contributed by atoms with E-state index in [9.17, 15) is 9.59 Å². The third-order valence-corrected chi connectivity index (χ3v) is 2.51. The Bertz CT molecular complexity index is 362. The van der Waals surface area contributed by atoms with Gasteiger partial charge in [0.1, 0.15) is 0 Å². The van der Waals surface area contributed by atoms with E-state index in [1.807, 2.05) is 50.2 Å². The summed E-state index contributed by atoms with van der Waals surface area (Å²) in [4.78, 5) is 22.1. The Morgan fingerprint density at radius 2 is 1.05 bits per heavy atom. The van der Waals surface area contributed by atoms with Gasteiger partial charge in [0.25, 0.3) is 0 Å². The summed E-state index contributed by atoms with van der Waals surface area (Å²) in [7, 11) is 0. The maximum absolute atomic E-state index is 11.0. The van der Waals surface area contributed by atoms with Crippen LogP contribution in [0.25, 0.3) is 0 Å². The van der Waals surface area contributed by atoms with Crippen LogP contribution in [0.15, 0.2) is 48.6 Å². The molecular formula is C18H26O4. The van der Waals surface area contributed by atoms with Crippen molar-refractivity contribution >= 4 is 11.9 Å². The van der Waals surface area contributed by atoms with Gasteiger partial charge < -0.3 is 9.47 Å². The summed E-state index contributed by atoms with van der Waals surface area (Å²) >= 11 is 0. The van der Waals surface area contributed by atoms with E-state index >= 15 is 0 Å². The highest BCUT2D eigenvalue weighted by molar-refractivity contribution is 5.91. The lowest BCUT2D eigenvalue weighted by atomic mass is 10.4. The number of hydrogen-bond donors (Lipinski definition) is 0. The highest BCUT2D eigenvalue weighted by atomic mass is 16.5. The molecule has 1 aromatic carbocycles. The molecule has 4 heteroatoms. The summed E-state index contributed by atoms with van der Waals surface area (Å²) < 4.78 is 9.65. The summed E-state index contributed by atoms with van der Waals surface area (Å²) in [6.07, 6.45) is 5.81. The minimum Gasteiger partial charge on any atom is -0.463 e. The number of benzene rings is 1. The first-order valence-electron chi connectivity index (χ1n) is 7.72. The first kappa shape index (κ1) is 19.9. The molecule has 0 heterocycles. The molecule has 1 rings (SSSR count). The molecule has 0 atom stereocenters. The zero-order valence-corrected chi connectivity index (χ0v) is 13.5. The maximum atomic E-state index is 11.0. The van der Waals surface area contributed by atoms with E-state index in [2.05, 4.69) is 0 Å². The molecule has 22 heavy (non-hydrogen) atoms. The molecular weight excluding hydrogens is 280 g/mol. The molecule has 0 aliphatic rings. The minimum atomic E-state index is -0.499. The van der Waals surface area contributed by atoms with Crippen molar-refractivity contribution in [2.45, 2.75) is 39.5 Å². The van der Waals surface area contributed by atoms with Gasteiger partial charge in [0.05, 0.1) is 13.2 Å². The van der Waals surface area contributed by atoms with Crippen LogP contribution < -0.4 is 0 Å². The minimum absolute atomic E-state index is 0.393. The molecule has 0 aromatic heterocycles. The van der Waals surface area contributed by atoms with E-state index in [0.29, 0.717) is 13.2 Å². The van der Waals surface area contributed by atoms with Crippen LogP contribution in [0.3, 0.4) is 0 Å². The summed E-state index contributed by atoms with van der Waals surface area (Å²) in [6.45, 7) is 4.80. The van der Waals surface area contributed by atoms with Gasteiger partial charge in [0.15, 0.2) is 0 Å². The van der Waals surface area contributed by atoms with Crippen molar-refractivity contribution in [2.24, 2.45) is 0 Å². The van der Waals surface area contributed by atoms with Crippen molar-refractivity contribution in [1.82, 2.24) is 0 Å². The number of carbonyl (C=O) groups is 2. The average molecular weight is 306 g/mol. The van der Waals surface area contributed by atoms with Crippen LogP contribution in [0, 0.1) is 0 Å². The van der Waals surface area contributed by atoms with Crippen molar-refractivity contribution in [3.8, 4) is 0 Å². The molecule has 1 aromatic rings. The van der Waals surface area contributed by atoms with Crippen molar-refractivity contribution < 1.29 is 19.1 Å². The standard InChI is InChI=1S/C12H20O4.C6H6/c1-3-5-9-15-11(13)7-8-12(14)16-10-6-4-2;1-2-4-6-5-3-1/h7-8H,3-6,9-10H2,1-2H3;1-6H/b8-7+;. The lowest BCUT2D eigenvalue weighted by Crippen LogP contribution is -2.05. The highest BCUT2D eigenvalue weighted by Gasteiger charge is 2.00. The third-order valence-electron chi connectivity index (χ3n) is 2.51. The molecule has 0 fully saturated rings. The molecule has 4 nitrogen and oxygen atoms in total. The van der Waals surface area contributed by atoms with E-state index in [1.165, 1.54) is 0 Å². The smallest absolute Gasteiger partial charge is 0.331 e. The summed E-state index contributed by atoms with van der Waals surface area (Å²) in [5.74, 6) is -0.998. The Hall–Kier alpha value is -2.10. The van der Waals surface area contributed by atoms with Gasteiger partial charge in [-0.15, -0.1) is 0 Å². The molecule has 0 saturated heterocycles. The first-order valence-corrected chi connectivity index (χ1v) is 7.72. The summed E-state index contributed by atoms with van der Waals surface area (Å²) in [6, 6.07) is 12.0. The topological polar surface area (TPSA) is 52.6 Å². The molecule has 0 spiro atoms. The SMILES string of the molecule is CCCCOC(=O)/C=C/C(=O)OCCCC.c1ccccc1. The van der Waals surface area contributed by atoms with E-state index in [0.717, 1.165) is 37.8 Å². The Balaban J connectivity index is 0.000000604. The molecule has 0 aliphatic carbocycles. The second kappa shape index (κ2) is 15.3. The summed E-state index contributed by atoms with van der Waals surface area (Å²) in [5, 5.41) is 0. The second-order valence-electron chi connectivity index (χ2n) is 4.53. The van der Waals surface area contributed by atoms with E-state index in [1.54, 1.807) is 0 Å².